The van der Waals surface area contributed by atoms with Crippen LogP contribution in [0.25, 0.3) is 0 Å². The van der Waals surface area contributed by atoms with Crippen LogP contribution in [0.3, 0.4) is 0 Å². The van der Waals surface area contributed by atoms with Gasteiger partial charge in [-0.05, 0) is 47.3 Å². The molecule has 0 spiro atoms. The summed E-state index contributed by atoms with van der Waals surface area (Å²) in [6.45, 7) is 8.71. The van der Waals surface area contributed by atoms with E-state index in [-0.39, 0.29) is 11.3 Å². The molecular formula is C20H28O2. The molecule has 1 unspecified atom stereocenters. The van der Waals surface area contributed by atoms with Crippen LogP contribution in [0.1, 0.15) is 69.6 Å². The Hall–Kier alpha value is -1.15. The fourth-order valence-electron chi connectivity index (χ4n) is 5.22. The van der Waals surface area contributed by atoms with E-state index in [0.717, 1.165) is 25.5 Å². The lowest BCUT2D eigenvalue weighted by Gasteiger charge is -2.55. The van der Waals surface area contributed by atoms with Crippen molar-refractivity contribution in [2.45, 2.75) is 70.8 Å². The molecule has 22 heavy (non-hydrogen) atoms. The second kappa shape index (κ2) is 5.19. The van der Waals surface area contributed by atoms with Gasteiger partial charge in [-0.15, -0.1) is 0 Å². The maximum atomic E-state index is 11.8. The number of fused-ring (bicyclic) bond motifs is 3. The Bertz CT molecular complexity index is 591. The first-order chi connectivity index (χ1) is 10.3. The van der Waals surface area contributed by atoms with E-state index in [1.165, 1.54) is 16.7 Å². The fraction of sp³-hybridized carbons (Fsp3) is 0.650. The van der Waals surface area contributed by atoms with Gasteiger partial charge >= 0.3 is 0 Å². The summed E-state index contributed by atoms with van der Waals surface area (Å²) in [5.41, 5.74) is 3.49. The molecule has 1 saturated carbocycles. The van der Waals surface area contributed by atoms with Crippen molar-refractivity contribution in [2.75, 3.05) is 0 Å². The second-order valence-electron chi connectivity index (χ2n) is 8.22. The monoisotopic (exact) mass is 300 g/mol. The van der Waals surface area contributed by atoms with Crippen LogP contribution in [0, 0.1) is 11.3 Å². The number of carbonyl (C=O) groups excluding carboxylic acids is 1. The Kier molecular flexibility index (Phi) is 3.71. The Morgan fingerprint density at radius 1 is 1.27 bits per heavy atom. The smallest absolute Gasteiger partial charge is 0.126 e. The summed E-state index contributed by atoms with van der Waals surface area (Å²) in [7, 11) is 0. The fourth-order valence-corrected chi connectivity index (χ4v) is 5.22. The number of hydrogen-bond donors (Lipinski definition) is 1. The standard InChI is InChI=1S/C20H28O2/c1-13(2)14-6-7-16-15(10-14)11-17(22)18-19(3,12-21)8-5-9-20(16,18)4/h6-7,10,12-13,17-18,22H,5,8-9,11H2,1-4H3/t17?,18-,19-,20+/m0/s1. The van der Waals surface area contributed by atoms with Crippen LogP contribution >= 0.6 is 0 Å². The summed E-state index contributed by atoms with van der Waals surface area (Å²) in [4.78, 5) is 11.8. The molecule has 1 N–H and O–H groups in total. The van der Waals surface area contributed by atoms with Crippen molar-refractivity contribution in [3.8, 4) is 0 Å². The molecule has 0 amide bonds. The van der Waals surface area contributed by atoms with Gasteiger partial charge in [-0.1, -0.05) is 52.3 Å². The summed E-state index contributed by atoms with van der Waals surface area (Å²) in [6.07, 6.45) is 4.38. The van der Waals surface area contributed by atoms with Gasteiger partial charge in [0.2, 0.25) is 0 Å². The molecule has 4 atom stereocenters. The Balaban J connectivity index is 2.13. The van der Waals surface area contributed by atoms with Crippen LogP contribution in [0.15, 0.2) is 18.2 Å². The maximum absolute atomic E-state index is 11.8. The normalized spacial score (nSPS) is 37.5. The first kappa shape index (κ1) is 15.7. The van der Waals surface area contributed by atoms with Crippen LogP contribution < -0.4 is 0 Å². The topological polar surface area (TPSA) is 37.3 Å². The molecule has 0 saturated heterocycles. The van der Waals surface area contributed by atoms with Gasteiger partial charge in [-0.2, -0.15) is 0 Å². The zero-order chi connectivity index (χ0) is 16.1. The number of rotatable bonds is 2. The highest BCUT2D eigenvalue weighted by Gasteiger charge is 2.55. The molecule has 1 aromatic rings. The van der Waals surface area contributed by atoms with Gasteiger partial charge in [-0.25, -0.2) is 0 Å². The minimum absolute atomic E-state index is 0.0312. The number of aliphatic hydroxyl groups is 1. The first-order valence-electron chi connectivity index (χ1n) is 8.59. The molecule has 120 valence electrons. The molecule has 0 radical (unpaired) electrons. The van der Waals surface area contributed by atoms with Gasteiger partial charge in [0.05, 0.1) is 6.10 Å². The lowest BCUT2D eigenvalue weighted by Crippen LogP contribution is -2.56. The van der Waals surface area contributed by atoms with E-state index >= 15 is 0 Å². The number of aliphatic hydroxyl groups excluding tert-OH is 1. The van der Waals surface area contributed by atoms with Crippen molar-refractivity contribution < 1.29 is 9.90 Å². The maximum Gasteiger partial charge on any atom is 0.126 e. The van der Waals surface area contributed by atoms with Crippen molar-refractivity contribution in [1.29, 1.82) is 0 Å². The van der Waals surface area contributed by atoms with Gasteiger partial charge in [0.15, 0.2) is 0 Å². The summed E-state index contributed by atoms with van der Waals surface area (Å²) >= 11 is 0. The van der Waals surface area contributed by atoms with Gasteiger partial charge in [-0.3, -0.25) is 0 Å². The van der Waals surface area contributed by atoms with Crippen molar-refractivity contribution in [2.24, 2.45) is 11.3 Å². The summed E-state index contributed by atoms with van der Waals surface area (Å²) in [6, 6.07) is 6.77. The van der Waals surface area contributed by atoms with E-state index in [1.54, 1.807) is 0 Å². The summed E-state index contributed by atoms with van der Waals surface area (Å²) < 4.78 is 0. The zero-order valence-electron chi connectivity index (χ0n) is 14.2. The van der Waals surface area contributed by atoms with Crippen molar-refractivity contribution in [1.82, 2.24) is 0 Å². The highest BCUT2D eigenvalue weighted by Crippen LogP contribution is 2.56. The zero-order valence-corrected chi connectivity index (χ0v) is 14.2. The van der Waals surface area contributed by atoms with Crippen LogP contribution in [0.5, 0.6) is 0 Å². The SMILES string of the molecule is CC(C)c1ccc2c(c1)CC(O)[C@H]1[C@](C)(C=O)CCC[C@]21C. The number of benzene rings is 1. The molecular weight excluding hydrogens is 272 g/mol. The molecule has 0 bridgehead atoms. The highest BCUT2D eigenvalue weighted by atomic mass is 16.3. The van der Waals surface area contributed by atoms with Gasteiger partial charge < -0.3 is 9.90 Å². The van der Waals surface area contributed by atoms with Gasteiger partial charge in [0.1, 0.15) is 6.29 Å². The third-order valence-corrected chi connectivity index (χ3v) is 6.30. The first-order valence-corrected chi connectivity index (χ1v) is 8.59. The minimum atomic E-state index is -0.421. The minimum Gasteiger partial charge on any atom is -0.392 e. The van der Waals surface area contributed by atoms with Gasteiger partial charge in [0.25, 0.3) is 0 Å². The van der Waals surface area contributed by atoms with Crippen LogP contribution in [-0.2, 0) is 16.6 Å². The average molecular weight is 300 g/mol. The molecule has 2 nitrogen and oxygen atoms in total. The predicted molar refractivity (Wildman–Crippen MR) is 89.1 cm³/mol. The van der Waals surface area contributed by atoms with Crippen molar-refractivity contribution in [3.63, 3.8) is 0 Å². The molecule has 2 heteroatoms. The predicted octanol–water partition coefficient (Wildman–Crippen LogP) is 3.99. The van der Waals surface area contributed by atoms with E-state index in [9.17, 15) is 9.90 Å². The van der Waals surface area contributed by atoms with Crippen molar-refractivity contribution in [3.05, 3.63) is 34.9 Å². The lowest BCUT2D eigenvalue weighted by atomic mass is 9.49. The quantitative estimate of drug-likeness (QED) is 0.839. The Morgan fingerprint density at radius 2 is 2.00 bits per heavy atom. The highest BCUT2D eigenvalue weighted by molar-refractivity contribution is 5.61. The Morgan fingerprint density at radius 3 is 2.64 bits per heavy atom. The van der Waals surface area contributed by atoms with E-state index in [0.29, 0.717) is 12.3 Å². The second-order valence-corrected chi connectivity index (χ2v) is 8.22. The van der Waals surface area contributed by atoms with Crippen LogP contribution in [-0.4, -0.2) is 17.5 Å². The lowest BCUT2D eigenvalue weighted by molar-refractivity contribution is -0.130. The molecule has 2 aliphatic carbocycles. The number of carbonyl (C=O) groups is 1. The van der Waals surface area contributed by atoms with Crippen molar-refractivity contribution >= 4 is 6.29 Å². The molecule has 0 aromatic heterocycles. The van der Waals surface area contributed by atoms with E-state index in [1.807, 2.05) is 6.92 Å². The van der Waals surface area contributed by atoms with E-state index < -0.39 is 11.5 Å². The number of aldehydes is 1. The molecule has 1 fully saturated rings. The summed E-state index contributed by atoms with van der Waals surface area (Å²) in [5, 5.41) is 10.9. The molecule has 0 aliphatic heterocycles. The molecule has 0 heterocycles. The molecule has 3 rings (SSSR count). The van der Waals surface area contributed by atoms with Gasteiger partial charge in [0, 0.05) is 11.3 Å². The average Bonchev–Trinajstić information content (AvgIpc) is 2.46. The number of hydrogen-bond acceptors (Lipinski definition) is 2. The van der Waals surface area contributed by atoms with E-state index in [4.69, 9.17) is 0 Å². The summed E-state index contributed by atoms with van der Waals surface area (Å²) in [5.74, 6) is 0.531. The third-order valence-electron chi connectivity index (χ3n) is 6.30. The van der Waals surface area contributed by atoms with Crippen LogP contribution in [0.4, 0.5) is 0 Å². The third kappa shape index (κ3) is 2.15. The van der Waals surface area contributed by atoms with E-state index in [2.05, 4.69) is 39.0 Å². The van der Waals surface area contributed by atoms with Crippen LogP contribution in [0.2, 0.25) is 0 Å². The molecule has 1 aromatic carbocycles. The largest absolute Gasteiger partial charge is 0.392 e. The molecule has 2 aliphatic rings. The Labute approximate surface area is 133 Å².